The Hall–Kier alpha value is -3.05. The van der Waals surface area contributed by atoms with E-state index in [2.05, 4.69) is 37.0 Å². The number of hydrogen-bond donors (Lipinski definition) is 3. The second kappa shape index (κ2) is 7.82. The van der Waals surface area contributed by atoms with Crippen molar-refractivity contribution in [3.05, 3.63) is 35.1 Å². The second-order valence-electron chi connectivity index (χ2n) is 8.33. The maximum Gasteiger partial charge on any atom is 0.243 e. The third kappa shape index (κ3) is 3.61. The molecule has 1 saturated heterocycles. The van der Waals surface area contributed by atoms with E-state index < -0.39 is 6.04 Å². The number of anilines is 1. The van der Waals surface area contributed by atoms with Crippen LogP contribution in [0.25, 0.3) is 27.9 Å². The van der Waals surface area contributed by atoms with Crippen LogP contribution in [0.15, 0.2) is 35.1 Å². The van der Waals surface area contributed by atoms with E-state index in [1.807, 2.05) is 29.1 Å². The van der Waals surface area contributed by atoms with Crippen molar-refractivity contribution in [3.8, 4) is 11.4 Å². The van der Waals surface area contributed by atoms with Crippen LogP contribution in [-0.2, 0) is 11.3 Å². The van der Waals surface area contributed by atoms with Gasteiger partial charge in [0.05, 0.1) is 17.3 Å². The maximum absolute atomic E-state index is 12.5. The summed E-state index contributed by atoms with van der Waals surface area (Å²) in [6, 6.07) is 5.39. The van der Waals surface area contributed by atoms with Crippen molar-refractivity contribution in [3.63, 3.8) is 0 Å². The molecule has 0 unspecified atom stereocenters. The van der Waals surface area contributed by atoms with Crippen LogP contribution in [0.3, 0.4) is 0 Å². The van der Waals surface area contributed by atoms with Gasteiger partial charge in [-0.3, -0.25) is 9.48 Å². The zero-order valence-corrected chi connectivity index (χ0v) is 18.8. The first-order valence-electron chi connectivity index (χ1n) is 10.8. The lowest BCUT2D eigenvalue weighted by Gasteiger charge is -2.17. The molecule has 10 nitrogen and oxygen atoms in total. The van der Waals surface area contributed by atoms with Crippen molar-refractivity contribution in [1.29, 1.82) is 0 Å². The van der Waals surface area contributed by atoms with Crippen molar-refractivity contribution in [2.45, 2.75) is 25.4 Å². The molecular weight excluding hydrogens is 474 g/mol. The number of hydrogen-bond acceptors (Lipinski definition) is 7. The van der Waals surface area contributed by atoms with E-state index in [4.69, 9.17) is 15.1 Å². The smallest absolute Gasteiger partial charge is 0.243 e. The Kier molecular flexibility index (Phi) is 4.80. The number of rotatable bonds is 5. The highest BCUT2D eigenvalue weighted by molar-refractivity contribution is 9.10. The normalized spacial score (nSPS) is 19.3. The van der Waals surface area contributed by atoms with Gasteiger partial charge in [0, 0.05) is 42.2 Å². The highest BCUT2D eigenvalue weighted by Gasteiger charge is 2.25. The molecular formula is C21H22BrN9O. The van der Waals surface area contributed by atoms with E-state index in [0.29, 0.717) is 30.5 Å². The fourth-order valence-electron chi connectivity index (χ4n) is 3.97. The third-order valence-electron chi connectivity index (χ3n) is 5.86. The van der Waals surface area contributed by atoms with E-state index in [9.17, 15) is 4.79 Å². The lowest BCUT2D eigenvalue weighted by atomic mass is 10.2. The molecule has 2 aliphatic rings. The molecule has 0 radical (unpaired) electrons. The van der Waals surface area contributed by atoms with Gasteiger partial charge in [0.2, 0.25) is 11.9 Å². The summed E-state index contributed by atoms with van der Waals surface area (Å²) in [5.41, 5.74) is 2.29. The molecule has 6 rings (SSSR count). The van der Waals surface area contributed by atoms with E-state index >= 15 is 0 Å². The van der Waals surface area contributed by atoms with Crippen LogP contribution < -0.4 is 16.0 Å². The molecule has 2 fully saturated rings. The molecule has 4 heterocycles. The van der Waals surface area contributed by atoms with Crippen LogP contribution in [-0.4, -0.2) is 60.9 Å². The average Bonchev–Trinajstić information content (AvgIpc) is 3.35. The highest BCUT2D eigenvalue weighted by Crippen LogP contribution is 2.31. The molecule has 1 aliphatic heterocycles. The van der Waals surface area contributed by atoms with Gasteiger partial charge in [-0.25, -0.2) is 9.97 Å². The summed E-state index contributed by atoms with van der Waals surface area (Å²) >= 11 is 3.60. The molecule has 32 heavy (non-hydrogen) atoms. The molecule has 0 spiro atoms. The van der Waals surface area contributed by atoms with Gasteiger partial charge in [-0.2, -0.15) is 9.61 Å². The molecule has 164 valence electrons. The van der Waals surface area contributed by atoms with Crippen molar-refractivity contribution < 1.29 is 4.79 Å². The van der Waals surface area contributed by atoms with E-state index in [-0.39, 0.29) is 5.91 Å². The largest absolute Gasteiger partial charge is 0.353 e. The predicted octanol–water partition coefficient (Wildman–Crippen LogP) is 1.81. The molecule has 4 aromatic rings. The molecule has 1 saturated carbocycles. The summed E-state index contributed by atoms with van der Waals surface area (Å²) in [5, 5.41) is 19.5. The first-order chi connectivity index (χ1) is 15.7. The van der Waals surface area contributed by atoms with Crippen LogP contribution >= 0.6 is 15.9 Å². The minimum atomic E-state index is -0.470. The summed E-state index contributed by atoms with van der Waals surface area (Å²) in [4.78, 5) is 22.1. The number of carbonyl (C=O) groups is 1. The average molecular weight is 496 g/mol. The minimum Gasteiger partial charge on any atom is -0.353 e. The number of nitrogens with one attached hydrogen (secondary N) is 3. The zero-order chi connectivity index (χ0) is 21.7. The van der Waals surface area contributed by atoms with Crippen molar-refractivity contribution in [1.82, 2.24) is 40.0 Å². The molecule has 11 heteroatoms. The molecule has 0 bridgehead atoms. The fraction of sp³-hybridized carbons (Fsp3) is 0.381. The lowest BCUT2D eigenvalue weighted by Crippen LogP contribution is -2.42. The van der Waals surface area contributed by atoms with Crippen LogP contribution in [0.5, 0.6) is 0 Å². The molecule has 3 aromatic heterocycles. The van der Waals surface area contributed by atoms with Crippen LogP contribution in [0.4, 0.5) is 5.95 Å². The Morgan fingerprint density at radius 3 is 3.00 bits per heavy atom. The van der Waals surface area contributed by atoms with Gasteiger partial charge in [-0.1, -0.05) is 6.07 Å². The van der Waals surface area contributed by atoms with Crippen molar-refractivity contribution in [2.75, 3.05) is 25.0 Å². The number of carbonyl (C=O) groups excluding carboxylic acids is 1. The molecule has 1 aliphatic carbocycles. The van der Waals surface area contributed by atoms with E-state index in [0.717, 1.165) is 39.9 Å². The minimum absolute atomic E-state index is 0.0705. The number of para-hydroxylation sites is 1. The standard InChI is InChI=1S/C21H22BrN9O/c22-15-3-1-2-14-17(15)27-21(26-16-9-23-6-7-24-20(16)32)31-19(14)28-18(29-31)13-8-25-30(11-13)10-12-4-5-12/h1-3,8,11-12,16,23H,4-7,9-10H2,(H,24,32)(H,26,27)/t16-/m1/s1. The summed E-state index contributed by atoms with van der Waals surface area (Å²) in [5.74, 6) is 1.71. The van der Waals surface area contributed by atoms with Crippen LogP contribution in [0, 0.1) is 5.92 Å². The molecule has 1 atom stereocenters. The van der Waals surface area contributed by atoms with Gasteiger partial charge in [-0.15, -0.1) is 5.10 Å². The quantitative estimate of drug-likeness (QED) is 0.386. The molecule has 1 aromatic carbocycles. The Morgan fingerprint density at radius 1 is 1.22 bits per heavy atom. The number of halogens is 1. The Balaban J connectivity index is 1.45. The van der Waals surface area contributed by atoms with Gasteiger partial charge in [0.25, 0.3) is 0 Å². The topological polar surface area (TPSA) is 114 Å². The second-order valence-corrected chi connectivity index (χ2v) is 9.18. The van der Waals surface area contributed by atoms with Gasteiger partial charge in [0.1, 0.15) is 6.04 Å². The van der Waals surface area contributed by atoms with Crippen LogP contribution in [0.1, 0.15) is 12.8 Å². The molecule has 3 N–H and O–H groups in total. The third-order valence-corrected chi connectivity index (χ3v) is 6.50. The van der Waals surface area contributed by atoms with Crippen molar-refractivity contribution in [2.24, 2.45) is 5.92 Å². The number of benzene rings is 1. The zero-order valence-electron chi connectivity index (χ0n) is 17.3. The number of fused-ring (bicyclic) bond motifs is 3. The summed E-state index contributed by atoms with van der Waals surface area (Å²) in [6.07, 6.45) is 6.34. The maximum atomic E-state index is 12.5. The Morgan fingerprint density at radius 2 is 2.12 bits per heavy atom. The monoisotopic (exact) mass is 495 g/mol. The Labute approximate surface area is 191 Å². The van der Waals surface area contributed by atoms with Gasteiger partial charge in [-0.05, 0) is 46.8 Å². The number of aromatic nitrogens is 6. The van der Waals surface area contributed by atoms with Gasteiger partial charge in [0.15, 0.2) is 11.5 Å². The van der Waals surface area contributed by atoms with Gasteiger partial charge < -0.3 is 16.0 Å². The van der Waals surface area contributed by atoms with Crippen LogP contribution in [0.2, 0.25) is 0 Å². The van der Waals surface area contributed by atoms with Crippen molar-refractivity contribution >= 4 is 44.3 Å². The number of nitrogens with zero attached hydrogens (tertiary/aromatic N) is 6. The van der Waals surface area contributed by atoms with E-state index in [1.165, 1.54) is 12.8 Å². The summed E-state index contributed by atoms with van der Waals surface area (Å²) < 4.78 is 4.50. The predicted molar refractivity (Wildman–Crippen MR) is 123 cm³/mol. The fourth-order valence-corrected chi connectivity index (χ4v) is 4.42. The number of amides is 1. The lowest BCUT2D eigenvalue weighted by molar-refractivity contribution is -0.121. The molecule has 1 amide bonds. The first-order valence-corrected chi connectivity index (χ1v) is 11.6. The van der Waals surface area contributed by atoms with Gasteiger partial charge >= 0.3 is 0 Å². The Bertz CT molecular complexity index is 1330. The summed E-state index contributed by atoms with van der Waals surface area (Å²) in [6.45, 7) is 2.76. The summed E-state index contributed by atoms with van der Waals surface area (Å²) in [7, 11) is 0. The highest BCUT2D eigenvalue weighted by atomic mass is 79.9. The first kappa shape index (κ1) is 19.6. The SMILES string of the molecule is O=C1NCCNC[C@H]1Nc1nc2c(Br)cccc2c2nc(-c3cnn(CC4CC4)c3)nn12. The van der Waals surface area contributed by atoms with E-state index in [1.54, 1.807) is 10.7 Å².